The first-order valence-electron chi connectivity index (χ1n) is 10.7. The normalized spacial score (nSPS) is 13.8. The Morgan fingerprint density at radius 3 is 2.44 bits per heavy atom. The standard InChI is InChI=1S/C24H23N7O/c25-22(30-14-4-1-5-15-30)18-8-11-20(12-9-18)26-24(32)23-27-28-29-31(23)21-13-10-17-6-2-3-7-19(17)16-21/h2-3,6-13,16,25H,1,4-5,14-15H2,(H,26,32). The molecule has 3 aromatic carbocycles. The molecule has 2 N–H and O–H groups in total. The van der Waals surface area contributed by atoms with E-state index in [9.17, 15) is 4.79 Å². The zero-order chi connectivity index (χ0) is 21.9. The van der Waals surface area contributed by atoms with Gasteiger partial charge < -0.3 is 10.2 Å². The van der Waals surface area contributed by atoms with Crippen molar-refractivity contribution in [1.29, 1.82) is 5.41 Å². The molecule has 1 aromatic heterocycles. The van der Waals surface area contributed by atoms with Crippen molar-refractivity contribution >= 4 is 28.2 Å². The molecule has 1 aliphatic rings. The minimum atomic E-state index is -0.401. The molecule has 0 atom stereocenters. The smallest absolute Gasteiger partial charge is 0.295 e. The minimum Gasteiger partial charge on any atom is -0.357 e. The molecule has 0 bridgehead atoms. The lowest BCUT2D eigenvalue weighted by Crippen LogP contribution is -2.35. The average Bonchev–Trinajstić information content (AvgIpc) is 3.35. The van der Waals surface area contributed by atoms with Crippen LogP contribution in [0, 0.1) is 5.41 Å². The zero-order valence-electron chi connectivity index (χ0n) is 17.5. The van der Waals surface area contributed by atoms with E-state index in [2.05, 4.69) is 25.7 Å². The highest BCUT2D eigenvalue weighted by Crippen LogP contribution is 2.19. The topological polar surface area (TPSA) is 99.8 Å². The summed E-state index contributed by atoms with van der Waals surface area (Å²) in [7, 11) is 0. The van der Waals surface area contributed by atoms with Gasteiger partial charge in [0.1, 0.15) is 5.84 Å². The van der Waals surface area contributed by atoms with Crippen LogP contribution in [-0.4, -0.2) is 49.9 Å². The monoisotopic (exact) mass is 425 g/mol. The number of tetrazole rings is 1. The highest BCUT2D eigenvalue weighted by Gasteiger charge is 2.18. The first kappa shape index (κ1) is 19.9. The second kappa shape index (κ2) is 8.58. The van der Waals surface area contributed by atoms with E-state index < -0.39 is 5.91 Å². The summed E-state index contributed by atoms with van der Waals surface area (Å²) in [6.07, 6.45) is 3.48. The molecular weight excluding hydrogens is 402 g/mol. The molecule has 0 spiro atoms. The van der Waals surface area contributed by atoms with Gasteiger partial charge in [-0.25, -0.2) is 0 Å². The number of amidine groups is 1. The lowest BCUT2D eigenvalue weighted by Gasteiger charge is -2.29. The second-order valence-electron chi connectivity index (χ2n) is 7.87. The Labute approximate surface area is 185 Å². The Bertz CT molecular complexity index is 1270. The van der Waals surface area contributed by atoms with Gasteiger partial charge in [0.05, 0.1) is 5.69 Å². The Morgan fingerprint density at radius 1 is 0.906 bits per heavy atom. The Kier molecular flexibility index (Phi) is 5.33. The van der Waals surface area contributed by atoms with Crippen molar-refractivity contribution < 1.29 is 4.79 Å². The summed E-state index contributed by atoms with van der Waals surface area (Å²) < 4.78 is 1.43. The van der Waals surface area contributed by atoms with Gasteiger partial charge in [0.25, 0.3) is 5.91 Å². The van der Waals surface area contributed by atoms with Crippen LogP contribution < -0.4 is 5.32 Å². The number of likely N-dealkylation sites (tertiary alicyclic amines) is 1. The number of fused-ring (bicyclic) bond motifs is 1. The first-order valence-corrected chi connectivity index (χ1v) is 10.7. The number of anilines is 1. The van der Waals surface area contributed by atoms with E-state index >= 15 is 0 Å². The molecule has 2 heterocycles. The van der Waals surface area contributed by atoms with Crippen LogP contribution in [0.2, 0.25) is 0 Å². The van der Waals surface area contributed by atoms with Crippen LogP contribution in [0.5, 0.6) is 0 Å². The maximum Gasteiger partial charge on any atom is 0.295 e. The van der Waals surface area contributed by atoms with Gasteiger partial charge in [0.15, 0.2) is 0 Å². The summed E-state index contributed by atoms with van der Waals surface area (Å²) >= 11 is 0. The maximum atomic E-state index is 12.9. The van der Waals surface area contributed by atoms with Gasteiger partial charge in [-0.15, -0.1) is 5.10 Å². The van der Waals surface area contributed by atoms with Crippen molar-refractivity contribution in [3.8, 4) is 5.69 Å². The van der Waals surface area contributed by atoms with Gasteiger partial charge in [-0.05, 0) is 76.9 Å². The van der Waals surface area contributed by atoms with E-state index in [4.69, 9.17) is 5.41 Å². The fourth-order valence-electron chi connectivity index (χ4n) is 4.01. The van der Waals surface area contributed by atoms with E-state index in [0.29, 0.717) is 17.2 Å². The van der Waals surface area contributed by atoms with Crippen LogP contribution in [0.4, 0.5) is 5.69 Å². The van der Waals surface area contributed by atoms with Gasteiger partial charge in [0.2, 0.25) is 5.82 Å². The molecule has 0 radical (unpaired) electrons. The van der Waals surface area contributed by atoms with Crippen molar-refractivity contribution in [2.45, 2.75) is 19.3 Å². The Morgan fingerprint density at radius 2 is 1.66 bits per heavy atom. The lowest BCUT2D eigenvalue weighted by molar-refractivity contribution is 0.101. The van der Waals surface area contributed by atoms with E-state index in [1.165, 1.54) is 11.1 Å². The Balaban J connectivity index is 1.32. The first-order chi connectivity index (χ1) is 15.7. The zero-order valence-corrected chi connectivity index (χ0v) is 17.5. The summed E-state index contributed by atoms with van der Waals surface area (Å²) in [6.45, 7) is 1.85. The third-order valence-electron chi connectivity index (χ3n) is 5.74. The molecule has 32 heavy (non-hydrogen) atoms. The summed E-state index contributed by atoms with van der Waals surface area (Å²) in [5, 5.41) is 25.1. The summed E-state index contributed by atoms with van der Waals surface area (Å²) in [4.78, 5) is 15.0. The summed E-state index contributed by atoms with van der Waals surface area (Å²) in [5.74, 6) is 0.232. The molecular formula is C24H23N7O. The van der Waals surface area contributed by atoms with Crippen LogP contribution >= 0.6 is 0 Å². The number of hydrogen-bond donors (Lipinski definition) is 2. The molecule has 1 amide bonds. The number of hydrogen-bond acceptors (Lipinski definition) is 5. The van der Waals surface area contributed by atoms with Gasteiger partial charge in [0, 0.05) is 24.3 Å². The SMILES string of the molecule is N=C(c1ccc(NC(=O)c2nnnn2-c2ccc3ccccc3c2)cc1)N1CCCCC1. The minimum absolute atomic E-state index is 0.102. The van der Waals surface area contributed by atoms with E-state index in [1.807, 2.05) is 54.6 Å². The van der Waals surface area contributed by atoms with Gasteiger partial charge >= 0.3 is 0 Å². The highest BCUT2D eigenvalue weighted by atomic mass is 16.2. The predicted octanol–water partition coefficient (Wildman–Crippen LogP) is 3.88. The van der Waals surface area contributed by atoms with Crippen LogP contribution in [0.15, 0.2) is 66.7 Å². The average molecular weight is 425 g/mol. The number of nitrogens with one attached hydrogen (secondary N) is 2. The number of rotatable bonds is 4. The van der Waals surface area contributed by atoms with Gasteiger partial charge in [-0.1, -0.05) is 30.3 Å². The second-order valence-corrected chi connectivity index (χ2v) is 7.87. The molecule has 0 aliphatic carbocycles. The number of piperidine rings is 1. The predicted molar refractivity (Wildman–Crippen MR) is 123 cm³/mol. The van der Waals surface area contributed by atoms with Crippen LogP contribution in [-0.2, 0) is 0 Å². The number of amides is 1. The van der Waals surface area contributed by atoms with Crippen molar-refractivity contribution in [3.63, 3.8) is 0 Å². The van der Waals surface area contributed by atoms with Gasteiger partial charge in [-0.3, -0.25) is 10.2 Å². The van der Waals surface area contributed by atoms with Crippen LogP contribution in [0.3, 0.4) is 0 Å². The van der Waals surface area contributed by atoms with Crippen molar-refractivity contribution in [3.05, 3.63) is 78.1 Å². The van der Waals surface area contributed by atoms with Crippen LogP contribution in [0.25, 0.3) is 16.5 Å². The van der Waals surface area contributed by atoms with Crippen molar-refractivity contribution in [1.82, 2.24) is 25.1 Å². The maximum absolute atomic E-state index is 12.9. The molecule has 1 aliphatic heterocycles. The molecule has 160 valence electrons. The quantitative estimate of drug-likeness (QED) is 0.382. The van der Waals surface area contributed by atoms with E-state index in [-0.39, 0.29) is 5.82 Å². The fraction of sp³-hybridized carbons (Fsp3) is 0.208. The number of carbonyl (C=O) groups excluding carboxylic acids is 1. The molecule has 1 saturated heterocycles. The lowest BCUT2D eigenvalue weighted by atomic mass is 10.1. The number of nitrogens with zero attached hydrogens (tertiary/aromatic N) is 5. The molecule has 0 saturated carbocycles. The molecule has 4 aromatic rings. The highest BCUT2D eigenvalue weighted by molar-refractivity contribution is 6.02. The van der Waals surface area contributed by atoms with E-state index in [1.54, 1.807) is 12.1 Å². The third kappa shape index (κ3) is 3.94. The third-order valence-corrected chi connectivity index (χ3v) is 5.74. The molecule has 1 fully saturated rings. The molecule has 8 nitrogen and oxygen atoms in total. The molecule has 5 rings (SSSR count). The van der Waals surface area contributed by atoms with Crippen LogP contribution in [0.1, 0.15) is 35.4 Å². The van der Waals surface area contributed by atoms with Crippen molar-refractivity contribution in [2.24, 2.45) is 0 Å². The number of carbonyl (C=O) groups is 1. The molecule has 8 heteroatoms. The fourth-order valence-corrected chi connectivity index (χ4v) is 4.01. The van der Waals surface area contributed by atoms with E-state index in [0.717, 1.165) is 42.3 Å². The Hall–Kier alpha value is -4.07. The summed E-state index contributed by atoms with van der Waals surface area (Å²) in [6, 6.07) is 21.1. The largest absolute Gasteiger partial charge is 0.357 e. The molecule has 0 unspecified atom stereocenters. The van der Waals surface area contributed by atoms with Gasteiger partial charge in [-0.2, -0.15) is 4.68 Å². The summed E-state index contributed by atoms with van der Waals surface area (Å²) in [5.41, 5.74) is 2.17. The number of benzene rings is 3. The van der Waals surface area contributed by atoms with Crippen molar-refractivity contribution in [2.75, 3.05) is 18.4 Å². The number of aromatic nitrogens is 4.